The van der Waals surface area contributed by atoms with Crippen molar-refractivity contribution in [2.45, 2.75) is 13.1 Å². The van der Waals surface area contributed by atoms with Gasteiger partial charge in [0.25, 0.3) is 5.91 Å². The molecule has 0 radical (unpaired) electrons. The third-order valence-corrected chi connectivity index (χ3v) is 3.22. The average Bonchev–Trinajstić information content (AvgIpc) is 2.34. The van der Waals surface area contributed by atoms with Gasteiger partial charge in [0, 0.05) is 11.0 Å². The number of rotatable bonds is 4. The minimum Gasteiger partial charge on any atom is -0.481 e. The summed E-state index contributed by atoms with van der Waals surface area (Å²) >= 11 is 2.99. The zero-order valence-corrected chi connectivity index (χ0v) is 11.9. The fraction of sp³-hybridized carbons (Fsp3) is 0.333. The molecular formula is C12H11BrF3NO3. The summed E-state index contributed by atoms with van der Waals surface area (Å²) in [6.45, 7) is 1.21. The van der Waals surface area contributed by atoms with Gasteiger partial charge in [0.05, 0.1) is 17.0 Å². The lowest BCUT2D eigenvalue weighted by molar-refractivity contribution is -0.141. The quantitative estimate of drug-likeness (QED) is 0.874. The second-order valence-electron chi connectivity index (χ2n) is 4.14. The van der Waals surface area contributed by atoms with E-state index in [9.17, 15) is 22.8 Å². The number of benzene rings is 1. The Bertz CT molecular complexity index is 531. The summed E-state index contributed by atoms with van der Waals surface area (Å²) in [6.07, 6.45) is -4.55. The zero-order chi connectivity index (χ0) is 15.5. The summed E-state index contributed by atoms with van der Waals surface area (Å²) in [5.41, 5.74) is -1.14. The molecule has 0 aliphatic heterocycles. The lowest BCUT2D eigenvalue weighted by Crippen LogP contribution is -2.31. The maximum absolute atomic E-state index is 12.6. The van der Waals surface area contributed by atoms with Crippen LogP contribution in [0.4, 0.5) is 13.2 Å². The smallest absolute Gasteiger partial charge is 0.416 e. The molecule has 1 aromatic carbocycles. The molecule has 8 heteroatoms. The first-order valence-electron chi connectivity index (χ1n) is 5.50. The van der Waals surface area contributed by atoms with Crippen molar-refractivity contribution >= 4 is 27.8 Å². The molecule has 0 heterocycles. The molecule has 0 aliphatic rings. The van der Waals surface area contributed by atoms with E-state index in [0.29, 0.717) is 6.07 Å². The van der Waals surface area contributed by atoms with Crippen LogP contribution in [-0.2, 0) is 11.0 Å². The molecule has 0 saturated heterocycles. The minimum absolute atomic E-state index is 0.170. The van der Waals surface area contributed by atoms with Gasteiger partial charge in [-0.1, -0.05) is 6.92 Å². The standard InChI is InChI=1S/C12H11BrF3NO3/c1-6(11(19)20)5-17-10(18)8-4-7(12(14,15)16)2-3-9(8)13/h2-4,6H,5H2,1H3,(H,17,18)(H,19,20). The van der Waals surface area contributed by atoms with E-state index in [4.69, 9.17) is 5.11 Å². The number of carboxylic acids is 1. The summed E-state index contributed by atoms with van der Waals surface area (Å²) < 4.78 is 37.9. The minimum atomic E-state index is -4.55. The first-order valence-corrected chi connectivity index (χ1v) is 6.30. The van der Waals surface area contributed by atoms with Crippen molar-refractivity contribution in [1.82, 2.24) is 5.32 Å². The number of hydrogen-bond donors (Lipinski definition) is 2. The largest absolute Gasteiger partial charge is 0.481 e. The summed E-state index contributed by atoms with van der Waals surface area (Å²) in [5, 5.41) is 10.9. The highest BCUT2D eigenvalue weighted by molar-refractivity contribution is 9.10. The van der Waals surface area contributed by atoms with Crippen molar-refractivity contribution in [1.29, 1.82) is 0 Å². The number of amides is 1. The van der Waals surface area contributed by atoms with Gasteiger partial charge in [0.15, 0.2) is 0 Å². The maximum atomic E-state index is 12.6. The van der Waals surface area contributed by atoms with Crippen molar-refractivity contribution in [2.75, 3.05) is 6.54 Å². The lowest BCUT2D eigenvalue weighted by atomic mass is 10.1. The number of aliphatic carboxylic acids is 1. The fourth-order valence-corrected chi connectivity index (χ4v) is 1.73. The van der Waals surface area contributed by atoms with Crippen molar-refractivity contribution in [3.8, 4) is 0 Å². The number of nitrogens with one attached hydrogen (secondary N) is 1. The Hall–Kier alpha value is -1.57. The molecule has 0 bridgehead atoms. The molecule has 2 N–H and O–H groups in total. The van der Waals surface area contributed by atoms with Crippen LogP contribution in [0.1, 0.15) is 22.8 Å². The predicted octanol–water partition coefficient (Wildman–Crippen LogP) is 2.92. The van der Waals surface area contributed by atoms with E-state index in [2.05, 4.69) is 21.2 Å². The van der Waals surface area contributed by atoms with E-state index in [1.807, 2.05) is 0 Å². The molecule has 1 aromatic rings. The highest BCUT2D eigenvalue weighted by Gasteiger charge is 2.31. The molecule has 0 fully saturated rings. The predicted molar refractivity (Wildman–Crippen MR) is 68.3 cm³/mol. The van der Waals surface area contributed by atoms with Gasteiger partial charge in [-0.05, 0) is 34.1 Å². The van der Waals surface area contributed by atoms with Crippen LogP contribution in [0, 0.1) is 5.92 Å². The third-order valence-electron chi connectivity index (χ3n) is 2.53. The number of carbonyl (C=O) groups excluding carboxylic acids is 1. The van der Waals surface area contributed by atoms with E-state index in [-0.39, 0.29) is 16.6 Å². The summed E-state index contributed by atoms with van der Waals surface area (Å²) in [7, 11) is 0. The van der Waals surface area contributed by atoms with Crippen LogP contribution in [0.15, 0.2) is 22.7 Å². The van der Waals surface area contributed by atoms with Crippen molar-refractivity contribution in [3.05, 3.63) is 33.8 Å². The van der Waals surface area contributed by atoms with Gasteiger partial charge in [-0.15, -0.1) is 0 Å². The Morgan fingerprint density at radius 1 is 1.40 bits per heavy atom. The van der Waals surface area contributed by atoms with Crippen molar-refractivity contribution in [2.24, 2.45) is 5.92 Å². The van der Waals surface area contributed by atoms with E-state index in [0.717, 1.165) is 12.1 Å². The highest BCUT2D eigenvalue weighted by Crippen LogP contribution is 2.31. The zero-order valence-electron chi connectivity index (χ0n) is 10.3. The van der Waals surface area contributed by atoms with E-state index in [1.54, 1.807) is 0 Å². The number of hydrogen-bond acceptors (Lipinski definition) is 2. The number of alkyl halides is 3. The molecule has 1 rings (SSSR count). The van der Waals surface area contributed by atoms with E-state index >= 15 is 0 Å². The van der Waals surface area contributed by atoms with Gasteiger partial charge in [0.1, 0.15) is 0 Å². The topological polar surface area (TPSA) is 66.4 Å². The van der Waals surface area contributed by atoms with Gasteiger partial charge >= 0.3 is 12.1 Å². The Morgan fingerprint density at radius 3 is 2.50 bits per heavy atom. The van der Waals surface area contributed by atoms with Crippen LogP contribution in [0.3, 0.4) is 0 Å². The second-order valence-corrected chi connectivity index (χ2v) is 5.00. The molecule has 0 spiro atoms. The molecule has 0 saturated carbocycles. The molecule has 0 aliphatic carbocycles. The van der Waals surface area contributed by atoms with Crippen LogP contribution >= 0.6 is 15.9 Å². The average molecular weight is 354 g/mol. The van der Waals surface area contributed by atoms with Gasteiger partial charge in [-0.25, -0.2) is 0 Å². The first kappa shape index (κ1) is 16.5. The molecule has 110 valence electrons. The molecule has 4 nitrogen and oxygen atoms in total. The van der Waals surface area contributed by atoms with Crippen molar-refractivity contribution in [3.63, 3.8) is 0 Å². The Balaban J connectivity index is 2.90. The van der Waals surface area contributed by atoms with Gasteiger partial charge in [-0.3, -0.25) is 9.59 Å². The third kappa shape index (κ3) is 4.22. The van der Waals surface area contributed by atoms with E-state index in [1.165, 1.54) is 6.92 Å². The van der Waals surface area contributed by atoms with Gasteiger partial charge < -0.3 is 10.4 Å². The van der Waals surface area contributed by atoms with Crippen LogP contribution in [-0.4, -0.2) is 23.5 Å². The van der Waals surface area contributed by atoms with E-state index < -0.39 is 29.5 Å². The molecule has 1 unspecified atom stereocenters. The molecular weight excluding hydrogens is 343 g/mol. The first-order chi connectivity index (χ1) is 9.12. The number of carbonyl (C=O) groups is 2. The Kier molecular flexibility index (Phi) is 5.15. The molecule has 20 heavy (non-hydrogen) atoms. The van der Waals surface area contributed by atoms with Crippen LogP contribution in [0.2, 0.25) is 0 Å². The second kappa shape index (κ2) is 6.25. The Labute approximate surface area is 121 Å². The molecule has 1 atom stereocenters. The highest BCUT2D eigenvalue weighted by atomic mass is 79.9. The van der Waals surface area contributed by atoms with Crippen LogP contribution in [0.5, 0.6) is 0 Å². The number of halogens is 4. The fourth-order valence-electron chi connectivity index (χ4n) is 1.30. The monoisotopic (exact) mass is 353 g/mol. The summed E-state index contributed by atoms with van der Waals surface area (Å²) in [5.74, 6) is -2.70. The Morgan fingerprint density at radius 2 is 2.00 bits per heavy atom. The summed E-state index contributed by atoms with van der Waals surface area (Å²) in [6, 6.07) is 2.68. The van der Waals surface area contributed by atoms with Gasteiger partial charge in [0.2, 0.25) is 0 Å². The maximum Gasteiger partial charge on any atom is 0.416 e. The lowest BCUT2D eigenvalue weighted by Gasteiger charge is -2.12. The molecule has 1 amide bonds. The van der Waals surface area contributed by atoms with Crippen molar-refractivity contribution < 1.29 is 27.9 Å². The van der Waals surface area contributed by atoms with Crippen LogP contribution < -0.4 is 5.32 Å². The van der Waals surface area contributed by atoms with Gasteiger partial charge in [-0.2, -0.15) is 13.2 Å². The summed E-state index contributed by atoms with van der Waals surface area (Å²) in [4.78, 5) is 22.4. The number of carboxylic acid groups (broad SMARTS) is 1. The normalized spacial score (nSPS) is 12.8. The van der Waals surface area contributed by atoms with Crippen LogP contribution in [0.25, 0.3) is 0 Å². The molecule has 0 aromatic heterocycles. The SMILES string of the molecule is CC(CNC(=O)c1cc(C(F)(F)F)ccc1Br)C(=O)O.